The third-order valence-corrected chi connectivity index (χ3v) is 13.1. The average molecular weight is 789 g/mol. The summed E-state index contributed by atoms with van der Waals surface area (Å²) in [6, 6.07) is 76.4. The standard InChI is InChI=1S/C58H36N4/c1-4-17-38(18-5-1)55-59-56(39-19-6-2-7-20-39)61-57(60-55)41-30-32-47-46-31-29-40(34-52(46)58(53(47)35-41)50-26-14-12-24-44(50)45-25-13-15-27-51(45)58)49-36-62(42-21-8-3-9-22-42)54-43-23-11-10-16-37(43)28-33-48(49)54/h1-36H. The fourth-order valence-corrected chi connectivity index (χ4v) is 10.4. The molecule has 0 amide bonds. The molecular weight excluding hydrogens is 753 g/mol. The van der Waals surface area contributed by atoms with Crippen molar-refractivity contribution in [1.29, 1.82) is 0 Å². The fourth-order valence-electron chi connectivity index (χ4n) is 10.4. The largest absolute Gasteiger partial charge is 0.315 e. The van der Waals surface area contributed by atoms with E-state index in [1.807, 2.05) is 36.4 Å². The molecule has 0 aliphatic heterocycles. The van der Waals surface area contributed by atoms with Crippen LogP contribution in [-0.4, -0.2) is 19.5 Å². The monoisotopic (exact) mass is 788 g/mol. The summed E-state index contributed by atoms with van der Waals surface area (Å²) in [6.07, 6.45) is 2.34. The molecule has 0 bridgehead atoms. The van der Waals surface area contributed by atoms with Crippen molar-refractivity contribution >= 4 is 21.7 Å². The van der Waals surface area contributed by atoms with Gasteiger partial charge in [-0.2, -0.15) is 0 Å². The van der Waals surface area contributed by atoms with Crippen LogP contribution < -0.4 is 0 Å². The van der Waals surface area contributed by atoms with Crippen LogP contribution >= 0.6 is 0 Å². The van der Waals surface area contributed by atoms with Crippen LogP contribution in [0.25, 0.3) is 94.9 Å². The summed E-state index contributed by atoms with van der Waals surface area (Å²) in [5.41, 5.74) is 17.1. The molecule has 9 aromatic carbocycles. The molecule has 0 atom stereocenters. The lowest BCUT2D eigenvalue weighted by molar-refractivity contribution is 0.794. The maximum Gasteiger partial charge on any atom is 0.164 e. The van der Waals surface area contributed by atoms with Crippen molar-refractivity contribution in [3.05, 3.63) is 241 Å². The smallest absolute Gasteiger partial charge is 0.164 e. The predicted molar refractivity (Wildman–Crippen MR) is 252 cm³/mol. The molecule has 0 saturated carbocycles. The number of hydrogen-bond acceptors (Lipinski definition) is 3. The Bertz CT molecular complexity index is 3470. The third-order valence-electron chi connectivity index (χ3n) is 13.1. The van der Waals surface area contributed by atoms with E-state index in [0.717, 1.165) is 22.4 Å². The highest BCUT2D eigenvalue weighted by Crippen LogP contribution is 2.63. The van der Waals surface area contributed by atoms with Crippen LogP contribution in [-0.2, 0) is 5.41 Å². The van der Waals surface area contributed by atoms with Gasteiger partial charge in [0.25, 0.3) is 0 Å². The zero-order chi connectivity index (χ0) is 40.8. The number of para-hydroxylation sites is 1. The molecule has 0 N–H and O–H groups in total. The van der Waals surface area contributed by atoms with Crippen LogP contribution in [0.5, 0.6) is 0 Å². The van der Waals surface area contributed by atoms with Gasteiger partial charge in [-0.3, -0.25) is 0 Å². The van der Waals surface area contributed by atoms with Gasteiger partial charge in [0, 0.05) is 44.9 Å². The summed E-state index contributed by atoms with van der Waals surface area (Å²) in [6.45, 7) is 0. The normalized spacial score (nSPS) is 13.0. The Balaban J connectivity index is 1.07. The van der Waals surface area contributed by atoms with E-state index in [-0.39, 0.29) is 0 Å². The summed E-state index contributed by atoms with van der Waals surface area (Å²) in [4.78, 5) is 15.4. The molecule has 2 aliphatic carbocycles. The average Bonchev–Trinajstić information content (AvgIpc) is 3.99. The van der Waals surface area contributed by atoms with E-state index < -0.39 is 5.41 Å². The number of nitrogens with zero attached hydrogens (tertiary/aromatic N) is 4. The van der Waals surface area contributed by atoms with Gasteiger partial charge in [-0.25, -0.2) is 15.0 Å². The van der Waals surface area contributed by atoms with Crippen LogP contribution in [0.3, 0.4) is 0 Å². The Labute approximate surface area is 359 Å². The van der Waals surface area contributed by atoms with Gasteiger partial charge >= 0.3 is 0 Å². The van der Waals surface area contributed by atoms with E-state index in [0.29, 0.717) is 17.5 Å². The van der Waals surface area contributed by atoms with Gasteiger partial charge in [0.2, 0.25) is 0 Å². The van der Waals surface area contributed by atoms with E-state index in [9.17, 15) is 0 Å². The Kier molecular flexibility index (Phi) is 7.49. The van der Waals surface area contributed by atoms with Gasteiger partial charge in [0.1, 0.15) is 0 Å². The van der Waals surface area contributed by atoms with Crippen LogP contribution in [0, 0.1) is 0 Å². The van der Waals surface area contributed by atoms with Crippen LogP contribution in [0.2, 0.25) is 0 Å². The molecule has 0 saturated heterocycles. The molecule has 0 fully saturated rings. The molecule has 62 heavy (non-hydrogen) atoms. The van der Waals surface area contributed by atoms with Crippen LogP contribution in [0.4, 0.5) is 0 Å². The second-order valence-electron chi connectivity index (χ2n) is 16.3. The maximum absolute atomic E-state index is 5.18. The molecule has 2 heterocycles. The molecule has 2 aliphatic rings. The van der Waals surface area contributed by atoms with E-state index in [2.05, 4.69) is 187 Å². The topological polar surface area (TPSA) is 43.6 Å². The highest BCUT2D eigenvalue weighted by molar-refractivity contribution is 6.12. The molecule has 13 rings (SSSR count). The zero-order valence-corrected chi connectivity index (χ0v) is 33.6. The van der Waals surface area contributed by atoms with Crippen molar-refractivity contribution in [2.75, 3.05) is 0 Å². The van der Waals surface area contributed by atoms with Gasteiger partial charge in [-0.05, 0) is 79.7 Å². The fraction of sp³-hybridized carbons (Fsp3) is 0.0172. The minimum absolute atomic E-state index is 0.577. The highest BCUT2D eigenvalue weighted by atomic mass is 15.0. The van der Waals surface area contributed by atoms with Crippen molar-refractivity contribution in [1.82, 2.24) is 19.5 Å². The summed E-state index contributed by atoms with van der Waals surface area (Å²) in [5, 5.41) is 3.69. The highest BCUT2D eigenvalue weighted by Gasteiger charge is 2.52. The lowest BCUT2D eigenvalue weighted by atomic mass is 9.70. The summed E-state index contributed by atoms with van der Waals surface area (Å²) < 4.78 is 2.37. The van der Waals surface area contributed by atoms with Gasteiger partial charge in [-0.15, -0.1) is 0 Å². The molecule has 4 heteroatoms. The van der Waals surface area contributed by atoms with Crippen LogP contribution in [0.1, 0.15) is 22.3 Å². The SMILES string of the molecule is c1ccc(-c2nc(-c3ccccc3)nc(-c3ccc4c(c3)C3(c5ccccc5-c5ccccc53)c3cc(-c5cn(-c6ccccc6)c6c5ccc5ccccc56)ccc3-4)n2)cc1. The summed E-state index contributed by atoms with van der Waals surface area (Å²) in [5.74, 6) is 1.95. The first kappa shape index (κ1) is 34.6. The second-order valence-corrected chi connectivity index (χ2v) is 16.3. The third kappa shape index (κ3) is 4.98. The van der Waals surface area contributed by atoms with Crippen molar-refractivity contribution in [3.8, 4) is 73.2 Å². The molecular formula is C58H36N4. The lowest BCUT2D eigenvalue weighted by Crippen LogP contribution is -2.26. The minimum atomic E-state index is -0.577. The van der Waals surface area contributed by atoms with Crippen molar-refractivity contribution in [2.24, 2.45) is 0 Å². The van der Waals surface area contributed by atoms with Gasteiger partial charge in [-0.1, -0.05) is 188 Å². The molecule has 1 spiro atoms. The number of benzene rings is 9. The lowest BCUT2D eigenvalue weighted by Gasteiger charge is -2.31. The molecule has 288 valence electrons. The van der Waals surface area contributed by atoms with Gasteiger partial charge in [0.05, 0.1) is 10.9 Å². The molecule has 0 unspecified atom stereocenters. The molecule has 2 aromatic heterocycles. The number of aromatic nitrogens is 4. The Morgan fingerprint density at radius 1 is 0.323 bits per heavy atom. The van der Waals surface area contributed by atoms with Crippen molar-refractivity contribution in [3.63, 3.8) is 0 Å². The van der Waals surface area contributed by atoms with Crippen molar-refractivity contribution in [2.45, 2.75) is 5.41 Å². The second kappa shape index (κ2) is 13.4. The molecule has 4 nitrogen and oxygen atoms in total. The van der Waals surface area contributed by atoms with E-state index in [4.69, 9.17) is 15.0 Å². The van der Waals surface area contributed by atoms with E-state index >= 15 is 0 Å². The number of rotatable bonds is 5. The predicted octanol–water partition coefficient (Wildman–Crippen LogP) is 14.0. The van der Waals surface area contributed by atoms with Gasteiger partial charge < -0.3 is 4.57 Å². The molecule has 11 aromatic rings. The van der Waals surface area contributed by atoms with E-state index in [1.54, 1.807) is 0 Å². The van der Waals surface area contributed by atoms with Crippen molar-refractivity contribution < 1.29 is 0 Å². The first-order chi connectivity index (χ1) is 30.7. The summed E-state index contributed by atoms with van der Waals surface area (Å²) in [7, 11) is 0. The van der Waals surface area contributed by atoms with E-state index in [1.165, 1.54) is 77.3 Å². The quantitative estimate of drug-likeness (QED) is 0.174. The van der Waals surface area contributed by atoms with Gasteiger partial charge in [0.15, 0.2) is 17.5 Å². The Hall–Kier alpha value is -8.21. The Morgan fingerprint density at radius 3 is 1.44 bits per heavy atom. The first-order valence-corrected chi connectivity index (χ1v) is 21.2. The Morgan fingerprint density at radius 2 is 0.806 bits per heavy atom. The minimum Gasteiger partial charge on any atom is -0.315 e. The number of fused-ring (bicyclic) bond motifs is 13. The maximum atomic E-state index is 5.18. The molecule has 0 radical (unpaired) electrons. The number of hydrogen-bond donors (Lipinski definition) is 0. The first-order valence-electron chi connectivity index (χ1n) is 21.2. The summed E-state index contributed by atoms with van der Waals surface area (Å²) >= 11 is 0. The van der Waals surface area contributed by atoms with Crippen LogP contribution in [0.15, 0.2) is 219 Å². The zero-order valence-electron chi connectivity index (χ0n) is 33.6.